The first-order valence-electron chi connectivity index (χ1n) is 11.1. The van der Waals surface area contributed by atoms with E-state index in [2.05, 4.69) is 54.7 Å². The molecule has 2 atom stereocenters. The molecule has 2 unspecified atom stereocenters. The maximum Gasteiger partial charge on any atom is 0.130 e. The normalized spacial score (nSPS) is 17.7. The van der Waals surface area contributed by atoms with Crippen molar-refractivity contribution in [1.82, 2.24) is 5.32 Å². The molecule has 1 heterocycles. The van der Waals surface area contributed by atoms with Crippen molar-refractivity contribution < 1.29 is 19.3 Å². The molecule has 0 amide bonds. The minimum atomic E-state index is -0.329. The van der Waals surface area contributed by atoms with E-state index in [-0.39, 0.29) is 12.1 Å². The van der Waals surface area contributed by atoms with Crippen molar-refractivity contribution >= 4 is 11.8 Å². The van der Waals surface area contributed by atoms with Gasteiger partial charge in [0, 0.05) is 36.2 Å². The molecule has 5 nitrogen and oxygen atoms in total. The molecule has 174 valence electrons. The van der Waals surface area contributed by atoms with E-state index in [1.54, 1.807) is 26.0 Å². The molecule has 3 aromatic carbocycles. The van der Waals surface area contributed by atoms with Crippen LogP contribution in [0.1, 0.15) is 16.7 Å². The van der Waals surface area contributed by atoms with Gasteiger partial charge in [-0.3, -0.25) is 0 Å². The third-order valence-electron chi connectivity index (χ3n) is 6.10. The van der Waals surface area contributed by atoms with E-state index in [1.165, 1.54) is 16.7 Å². The molecule has 1 aliphatic rings. The van der Waals surface area contributed by atoms with E-state index >= 15 is 0 Å². The summed E-state index contributed by atoms with van der Waals surface area (Å²) < 4.78 is 17.5. The molecule has 1 fully saturated rings. The predicted molar refractivity (Wildman–Crippen MR) is 134 cm³/mol. The monoisotopic (exact) mass is 465 g/mol. The Morgan fingerprint density at radius 2 is 1.70 bits per heavy atom. The highest BCUT2D eigenvalue weighted by molar-refractivity contribution is 7.99. The SMILES string of the molecule is COc1cc(OCc2cccc(-c3ccccc3)c2C)cc(OC)c1CNC1CSCC1O. The first-order chi connectivity index (χ1) is 16.1. The van der Waals surface area contributed by atoms with Gasteiger partial charge in [-0.15, -0.1) is 0 Å². The summed E-state index contributed by atoms with van der Waals surface area (Å²) in [5, 5.41) is 13.5. The van der Waals surface area contributed by atoms with Crippen molar-refractivity contribution in [3.05, 3.63) is 77.4 Å². The van der Waals surface area contributed by atoms with Crippen LogP contribution in [0.4, 0.5) is 0 Å². The van der Waals surface area contributed by atoms with Crippen LogP contribution < -0.4 is 19.5 Å². The molecule has 0 radical (unpaired) electrons. The van der Waals surface area contributed by atoms with Crippen molar-refractivity contribution in [1.29, 1.82) is 0 Å². The molecule has 6 heteroatoms. The van der Waals surface area contributed by atoms with E-state index in [9.17, 15) is 5.11 Å². The van der Waals surface area contributed by atoms with Crippen molar-refractivity contribution in [3.8, 4) is 28.4 Å². The van der Waals surface area contributed by atoms with Crippen LogP contribution in [0.15, 0.2) is 60.7 Å². The van der Waals surface area contributed by atoms with Gasteiger partial charge in [-0.2, -0.15) is 11.8 Å². The number of benzene rings is 3. The lowest BCUT2D eigenvalue weighted by molar-refractivity contribution is 0.165. The molecule has 3 aromatic rings. The number of ether oxygens (including phenoxy) is 3. The summed E-state index contributed by atoms with van der Waals surface area (Å²) in [6.45, 7) is 3.13. The number of aliphatic hydroxyl groups is 1. The minimum absolute atomic E-state index is 0.0696. The number of thioether (sulfide) groups is 1. The van der Waals surface area contributed by atoms with Crippen molar-refractivity contribution in [2.24, 2.45) is 0 Å². The fourth-order valence-electron chi connectivity index (χ4n) is 4.12. The second kappa shape index (κ2) is 11.0. The molecule has 1 aliphatic heterocycles. The van der Waals surface area contributed by atoms with E-state index < -0.39 is 0 Å². The number of hydrogen-bond donors (Lipinski definition) is 2. The summed E-state index contributed by atoms with van der Waals surface area (Å²) in [5.74, 6) is 3.75. The van der Waals surface area contributed by atoms with Crippen molar-refractivity contribution in [3.63, 3.8) is 0 Å². The van der Waals surface area contributed by atoms with Gasteiger partial charge in [0.25, 0.3) is 0 Å². The summed E-state index contributed by atoms with van der Waals surface area (Å²) >= 11 is 1.76. The quantitative estimate of drug-likeness (QED) is 0.472. The minimum Gasteiger partial charge on any atom is -0.496 e. The Balaban J connectivity index is 1.51. The summed E-state index contributed by atoms with van der Waals surface area (Å²) in [7, 11) is 3.30. The first kappa shape index (κ1) is 23.5. The zero-order valence-corrected chi connectivity index (χ0v) is 20.2. The fourth-order valence-corrected chi connectivity index (χ4v) is 5.32. The van der Waals surface area contributed by atoms with Gasteiger partial charge in [0.05, 0.1) is 25.9 Å². The standard InChI is InChI=1S/C27H31NO4S/c1-18-20(10-7-11-22(18)19-8-5-4-6-9-19)15-32-21-12-26(30-2)23(27(13-21)31-3)14-28-24-16-33-17-25(24)29/h4-13,24-25,28-29H,14-17H2,1-3H3. The van der Waals surface area contributed by atoms with Gasteiger partial charge in [0.1, 0.15) is 23.9 Å². The topological polar surface area (TPSA) is 60.0 Å². The molecular formula is C27H31NO4S. The average molecular weight is 466 g/mol. The van der Waals surface area contributed by atoms with Gasteiger partial charge in [-0.1, -0.05) is 48.5 Å². The Bertz CT molecular complexity index is 1050. The third kappa shape index (κ3) is 5.46. The number of nitrogens with one attached hydrogen (secondary N) is 1. The molecule has 2 N–H and O–H groups in total. The van der Waals surface area contributed by atoms with Gasteiger partial charge in [0.2, 0.25) is 0 Å². The van der Waals surface area contributed by atoms with Gasteiger partial charge in [-0.25, -0.2) is 0 Å². The number of methoxy groups -OCH3 is 2. The molecule has 4 rings (SSSR count). The Kier molecular flexibility index (Phi) is 7.81. The second-order valence-electron chi connectivity index (χ2n) is 8.14. The Morgan fingerprint density at radius 3 is 2.33 bits per heavy atom. The van der Waals surface area contributed by atoms with Crippen molar-refractivity contribution in [2.75, 3.05) is 25.7 Å². The fraction of sp³-hybridized carbons (Fsp3) is 0.333. The lowest BCUT2D eigenvalue weighted by Crippen LogP contribution is -2.38. The molecule has 33 heavy (non-hydrogen) atoms. The molecule has 1 saturated heterocycles. The van der Waals surface area contributed by atoms with Gasteiger partial charge >= 0.3 is 0 Å². The predicted octanol–water partition coefficient (Wildman–Crippen LogP) is 4.82. The Morgan fingerprint density at radius 1 is 0.970 bits per heavy atom. The summed E-state index contributed by atoms with van der Waals surface area (Å²) in [6.07, 6.45) is -0.329. The van der Waals surface area contributed by atoms with Crippen LogP contribution in [0.2, 0.25) is 0 Å². The lowest BCUT2D eigenvalue weighted by Gasteiger charge is -2.20. The number of aliphatic hydroxyl groups excluding tert-OH is 1. The van der Waals surface area contributed by atoms with E-state index in [1.807, 2.05) is 18.2 Å². The number of hydrogen-bond acceptors (Lipinski definition) is 6. The smallest absolute Gasteiger partial charge is 0.130 e. The maximum atomic E-state index is 10.1. The zero-order valence-electron chi connectivity index (χ0n) is 19.3. The van der Waals surface area contributed by atoms with Gasteiger partial charge < -0.3 is 24.6 Å². The van der Waals surface area contributed by atoms with Crippen molar-refractivity contribution in [2.45, 2.75) is 32.2 Å². The van der Waals surface area contributed by atoms with Crippen LogP contribution in [-0.4, -0.2) is 43.0 Å². The van der Waals surface area contributed by atoms with Crippen LogP contribution in [0, 0.1) is 6.92 Å². The highest BCUT2D eigenvalue weighted by Gasteiger charge is 2.26. The summed E-state index contributed by atoms with van der Waals surface area (Å²) in [5.41, 5.74) is 5.66. The van der Waals surface area contributed by atoms with Crippen LogP contribution in [-0.2, 0) is 13.2 Å². The molecule has 0 saturated carbocycles. The molecule has 0 aliphatic carbocycles. The highest BCUT2D eigenvalue weighted by Crippen LogP contribution is 2.35. The molecular weight excluding hydrogens is 434 g/mol. The second-order valence-corrected chi connectivity index (χ2v) is 9.22. The van der Waals surface area contributed by atoms with E-state index in [0.717, 1.165) is 22.6 Å². The van der Waals surface area contributed by atoms with Gasteiger partial charge in [0.15, 0.2) is 0 Å². The van der Waals surface area contributed by atoms with Crippen LogP contribution in [0.25, 0.3) is 11.1 Å². The third-order valence-corrected chi connectivity index (χ3v) is 7.27. The van der Waals surface area contributed by atoms with Crippen LogP contribution in [0.5, 0.6) is 17.2 Å². The summed E-state index contributed by atoms with van der Waals surface area (Å²) in [6, 6.07) is 20.6. The largest absolute Gasteiger partial charge is 0.496 e. The van der Waals surface area contributed by atoms with Crippen LogP contribution >= 0.6 is 11.8 Å². The molecule has 0 aromatic heterocycles. The molecule has 0 bridgehead atoms. The molecule has 0 spiro atoms. The average Bonchev–Trinajstić information content (AvgIpc) is 3.26. The summed E-state index contributed by atoms with van der Waals surface area (Å²) in [4.78, 5) is 0. The van der Waals surface area contributed by atoms with Gasteiger partial charge in [-0.05, 0) is 29.2 Å². The Hall–Kier alpha value is -2.67. The first-order valence-corrected chi connectivity index (χ1v) is 12.3. The zero-order chi connectivity index (χ0) is 23.2. The lowest BCUT2D eigenvalue weighted by atomic mass is 9.97. The van der Waals surface area contributed by atoms with Crippen LogP contribution in [0.3, 0.4) is 0 Å². The Labute approximate surface area is 200 Å². The maximum absolute atomic E-state index is 10.1. The number of rotatable bonds is 9. The van der Waals surface area contributed by atoms with E-state index in [0.29, 0.717) is 30.4 Å². The van der Waals surface area contributed by atoms with E-state index in [4.69, 9.17) is 14.2 Å². The highest BCUT2D eigenvalue weighted by atomic mass is 32.2.